The van der Waals surface area contributed by atoms with Gasteiger partial charge < -0.3 is 44.5 Å². The van der Waals surface area contributed by atoms with E-state index in [1.807, 2.05) is 46.2 Å². The molecular formula is C51H87N9O19S2. The Hall–Kier alpha value is -5.72. The standard InChI is InChI=1S/C51H87N9O19S2/c1-31(2)34(7)18-20-60-43-15-11-38-37(10-12-40(43)55-58-60)39(38)30-79-50(69)56-80(71,72)52-19-23-75-26-27-78-51(70)57-81(73,74)59(21-24-76-48(67)53-41(13-16-46(63)64)44(61)28-35(8)32(3)4)22-25-77-49(68)54-42(14-17-47(65)66)45(62)29-36(9)33(5)6/h31-39,41-42,52H,10-30H2,1-9H3,(H,53,67)(H,54,68)(H,56,69)(H,57,70)(H,63,64)(H,65,66)/t34?,35-,36-,37-,38+,39-,41-,42-/m0/s1. The number of aliphatic carboxylic acids is 2. The number of nitrogens with one attached hydrogen (secondary N) is 5. The van der Waals surface area contributed by atoms with Crippen LogP contribution in [-0.2, 0) is 82.7 Å². The van der Waals surface area contributed by atoms with E-state index < -0.39 is 126 Å². The second-order valence-electron chi connectivity index (χ2n) is 22.0. The van der Waals surface area contributed by atoms with Gasteiger partial charge in [0.05, 0.1) is 43.3 Å². The number of ketones is 2. The summed E-state index contributed by atoms with van der Waals surface area (Å²) in [6.45, 7) is 14.4. The number of carbonyl (C=O) groups excluding carboxylic acids is 6. The molecule has 0 aliphatic heterocycles. The van der Waals surface area contributed by atoms with Crippen LogP contribution in [0.15, 0.2) is 0 Å². The Morgan fingerprint density at radius 1 is 0.617 bits per heavy atom. The third-order valence-corrected chi connectivity index (χ3v) is 17.6. The van der Waals surface area contributed by atoms with Crippen LogP contribution in [0.3, 0.4) is 0 Å². The minimum Gasteiger partial charge on any atom is -0.481 e. The molecule has 3 rings (SSSR count). The van der Waals surface area contributed by atoms with Gasteiger partial charge in [0.15, 0.2) is 11.6 Å². The van der Waals surface area contributed by atoms with Crippen LogP contribution >= 0.6 is 0 Å². The monoisotopic (exact) mass is 1190 g/mol. The number of hydrogen-bond donors (Lipinski definition) is 7. The fourth-order valence-corrected chi connectivity index (χ4v) is 10.5. The number of fused-ring (bicyclic) bond motifs is 2. The van der Waals surface area contributed by atoms with E-state index >= 15 is 0 Å². The fourth-order valence-electron chi connectivity index (χ4n) is 8.75. The summed E-state index contributed by atoms with van der Waals surface area (Å²) in [4.78, 5) is 99.6. The summed E-state index contributed by atoms with van der Waals surface area (Å²) in [7, 11) is -9.26. The minimum atomic E-state index is -4.90. The molecule has 28 nitrogen and oxygen atoms in total. The number of carbonyl (C=O) groups is 8. The molecule has 462 valence electrons. The molecule has 1 aromatic heterocycles. The van der Waals surface area contributed by atoms with Gasteiger partial charge in [-0.2, -0.15) is 25.9 Å². The number of nitrogens with zero attached hydrogens (tertiary/aromatic N) is 4. The predicted octanol–water partition coefficient (Wildman–Crippen LogP) is 3.97. The van der Waals surface area contributed by atoms with Crippen molar-refractivity contribution < 1.29 is 89.1 Å². The van der Waals surface area contributed by atoms with Crippen molar-refractivity contribution in [1.82, 2.24) is 44.1 Å². The third kappa shape index (κ3) is 26.0. The van der Waals surface area contributed by atoms with Crippen LogP contribution in [-0.4, -0.2) is 166 Å². The zero-order valence-electron chi connectivity index (χ0n) is 48.1. The molecule has 81 heavy (non-hydrogen) atoms. The second-order valence-corrected chi connectivity index (χ2v) is 25.1. The van der Waals surface area contributed by atoms with Crippen LogP contribution in [0.2, 0.25) is 0 Å². The first-order valence-electron chi connectivity index (χ1n) is 27.7. The first-order valence-corrected chi connectivity index (χ1v) is 30.7. The lowest BCUT2D eigenvalue weighted by atomic mass is 9.90. The molecule has 0 radical (unpaired) electrons. The Kier molecular flexibility index (Phi) is 29.2. The van der Waals surface area contributed by atoms with Gasteiger partial charge >= 0.3 is 56.7 Å². The number of rotatable bonds is 38. The molecule has 1 fully saturated rings. The van der Waals surface area contributed by atoms with E-state index in [9.17, 15) is 65.4 Å². The first kappa shape index (κ1) is 69.5. The van der Waals surface area contributed by atoms with Gasteiger partial charge in [-0.25, -0.2) is 33.3 Å². The Labute approximate surface area is 475 Å². The highest BCUT2D eigenvalue weighted by Crippen LogP contribution is 2.53. The SMILES string of the molecule is CC(C)C(C)CCn1nnc2c1CC[C@@H]1[C@H](CC2)[C@@H]1COC(=O)NS(=O)(=O)NCCOCCOC(=O)NS(=O)(=O)N(CCOC(=O)N[C@@H](CCC(=O)O)C(=O)C[C@H](C)C(C)C)CCOC(=O)N[C@@H](CCC(=O)O)C(=O)C[C@H](C)C(C)C. The normalized spacial score (nSPS) is 18.0. The highest BCUT2D eigenvalue weighted by Gasteiger charge is 2.50. The average Bonchev–Trinajstić information content (AvgIpc) is 4.15. The topological polar surface area (TPSA) is 386 Å². The van der Waals surface area contributed by atoms with E-state index in [4.69, 9.17) is 23.7 Å². The van der Waals surface area contributed by atoms with Gasteiger partial charge in [0.25, 0.3) is 0 Å². The van der Waals surface area contributed by atoms with E-state index in [1.54, 1.807) is 9.44 Å². The van der Waals surface area contributed by atoms with Gasteiger partial charge in [-0.15, -0.1) is 5.10 Å². The second kappa shape index (κ2) is 34.0. The van der Waals surface area contributed by atoms with Crippen LogP contribution in [0.1, 0.15) is 131 Å². The van der Waals surface area contributed by atoms with Crippen LogP contribution in [0, 0.1) is 53.3 Å². The molecule has 2 aliphatic carbocycles. The van der Waals surface area contributed by atoms with E-state index in [2.05, 4.69) is 46.4 Å². The van der Waals surface area contributed by atoms with Gasteiger partial charge in [-0.3, -0.25) is 19.2 Å². The molecule has 0 aromatic carbocycles. The number of amides is 4. The Morgan fingerprint density at radius 2 is 1.11 bits per heavy atom. The molecule has 7 N–H and O–H groups in total. The molecule has 0 bridgehead atoms. The number of ether oxygens (including phenoxy) is 5. The Balaban J connectivity index is 1.49. The molecule has 2 aliphatic rings. The van der Waals surface area contributed by atoms with Crippen molar-refractivity contribution >= 4 is 68.3 Å². The van der Waals surface area contributed by atoms with Gasteiger partial charge in [0.2, 0.25) is 0 Å². The molecule has 1 heterocycles. The maximum Gasteiger partial charge on any atom is 0.422 e. The number of carboxylic acid groups (broad SMARTS) is 2. The van der Waals surface area contributed by atoms with Crippen LogP contribution in [0.5, 0.6) is 0 Å². The zero-order valence-corrected chi connectivity index (χ0v) is 49.8. The summed E-state index contributed by atoms with van der Waals surface area (Å²) in [5.41, 5.74) is 2.15. The van der Waals surface area contributed by atoms with Gasteiger partial charge in [-0.05, 0) is 98.2 Å². The quantitative estimate of drug-likeness (QED) is 0.0364. The van der Waals surface area contributed by atoms with Gasteiger partial charge in [-0.1, -0.05) is 67.5 Å². The van der Waals surface area contributed by atoms with Crippen molar-refractivity contribution in [2.45, 2.75) is 152 Å². The van der Waals surface area contributed by atoms with Crippen molar-refractivity contribution in [3.05, 3.63) is 11.4 Å². The number of aryl methyl sites for hydroxylation is 2. The molecule has 4 amide bonds. The number of hydrogen-bond acceptors (Lipinski definition) is 19. The molecule has 8 atom stereocenters. The van der Waals surface area contributed by atoms with E-state index in [1.165, 1.54) is 0 Å². The van der Waals surface area contributed by atoms with Crippen molar-refractivity contribution in [2.24, 2.45) is 53.3 Å². The van der Waals surface area contributed by atoms with Crippen LogP contribution in [0.4, 0.5) is 19.2 Å². The minimum absolute atomic E-state index is 0.0233. The smallest absolute Gasteiger partial charge is 0.422 e. The van der Waals surface area contributed by atoms with Crippen LogP contribution < -0.4 is 24.8 Å². The molecule has 0 spiro atoms. The lowest BCUT2D eigenvalue weighted by Gasteiger charge is -2.23. The summed E-state index contributed by atoms with van der Waals surface area (Å²) in [6.07, 6.45) is -2.11. The number of aromatic nitrogens is 3. The number of Topliss-reactive ketones (excluding diaryl/α,β-unsaturated/α-hetero) is 2. The predicted molar refractivity (Wildman–Crippen MR) is 290 cm³/mol. The fraction of sp³-hybridized carbons (Fsp3) is 0.804. The first-order chi connectivity index (χ1) is 38.0. The molecule has 0 saturated heterocycles. The summed E-state index contributed by atoms with van der Waals surface area (Å²) >= 11 is 0. The largest absolute Gasteiger partial charge is 0.481 e. The Morgan fingerprint density at radius 3 is 1.62 bits per heavy atom. The lowest BCUT2D eigenvalue weighted by molar-refractivity contribution is -0.138. The zero-order chi connectivity index (χ0) is 60.6. The lowest BCUT2D eigenvalue weighted by Crippen LogP contribution is -2.48. The molecular weight excluding hydrogens is 1110 g/mol. The molecule has 1 unspecified atom stereocenters. The summed E-state index contributed by atoms with van der Waals surface area (Å²) in [5.74, 6) is -1.48. The number of alkyl carbamates (subject to hydrolysis) is 2. The molecule has 1 saturated carbocycles. The highest BCUT2D eigenvalue weighted by molar-refractivity contribution is 7.88. The van der Waals surface area contributed by atoms with Crippen LogP contribution in [0.25, 0.3) is 0 Å². The number of carboxylic acids is 2. The van der Waals surface area contributed by atoms with Crippen molar-refractivity contribution in [3.8, 4) is 0 Å². The van der Waals surface area contributed by atoms with Crippen molar-refractivity contribution in [2.75, 3.05) is 59.3 Å². The summed E-state index contributed by atoms with van der Waals surface area (Å²) in [6, 6.07) is -2.49. The Bertz CT molecular complexity index is 2410. The van der Waals surface area contributed by atoms with Crippen molar-refractivity contribution in [3.63, 3.8) is 0 Å². The van der Waals surface area contributed by atoms with Crippen molar-refractivity contribution in [1.29, 1.82) is 0 Å². The third-order valence-electron chi connectivity index (χ3n) is 15.1. The summed E-state index contributed by atoms with van der Waals surface area (Å²) in [5, 5.41) is 31.9. The molecule has 1 aromatic rings. The maximum absolute atomic E-state index is 13.5. The van der Waals surface area contributed by atoms with Gasteiger partial charge in [0, 0.05) is 51.9 Å². The maximum atomic E-state index is 13.5. The molecule has 30 heteroatoms. The van der Waals surface area contributed by atoms with Gasteiger partial charge in [0.1, 0.15) is 19.8 Å². The highest BCUT2D eigenvalue weighted by atomic mass is 32.2. The van der Waals surface area contributed by atoms with E-state index in [-0.39, 0.29) is 81.6 Å². The van der Waals surface area contributed by atoms with E-state index in [0.29, 0.717) is 28.0 Å². The summed E-state index contributed by atoms with van der Waals surface area (Å²) < 4.78 is 86.0. The van der Waals surface area contributed by atoms with E-state index in [0.717, 1.165) is 50.0 Å². The average molecular weight is 1190 g/mol.